The van der Waals surface area contributed by atoms with Crippen LogP contribution in [0.1, 0.15) is 35.7 Å². The number of carbonyl (C=O) groups is 1. The number of methoxy groups -OCH3 is 2. The van der Waals surface area contributed by atoms with E-state index >= 15 is 0 Å². The van der Waals surface area contributed by atoms with E-state index in [1.807, 2.05) is 51.2 Å². The van der Waals surface area contributed by atoms with Gasteiger partial charge < -0.3 is 24.7 Å². The number of nitrogens with one attached hydrogen (secondary N) is 2. The number of ether oxygens (including phenoxy) is 2. The molecule has 1 aromatic heterocycles. The van der Waals surface area contributed by atoms with Gasteiger partial charge in [-0.25, -0.2) is 4.98 Å². The van der Waals surface area contributed by atoms with Gasteiger partial charge in [0.05, 0.1) is 14.2 Å². The predicted molar refractivity (Wildman–Crippen MR) is 104 cm³/mol. The summed E-state index contributed by atoms with van der Waals surface area (Å²) < 4.78 is 12.4. The van der Waals surface area contributed by atoms with Crippen molar-refractivity contribution in [3.63, 3.8) is 0 Å². The van der Waals surface area contributed by atoms with Crippen LogP contribution in [-0.4, -0.2) is 42.8 Å². The molecule has 0 bridgehead atoms. The van der Waals surface area contributed by atoms with Crippen molar-refractivity contribution >= 4 is 23.9 Å². The smallest absolute Gasteiger partial charge is 0.271 e. The maximum atomic E-state index is 12.3. The van der Waals surface area contributed by atoms with Crippen LogP contribution < -0.4 is 20.1 Å². The molecule has 0 aliphatic heterocycles. The lowest BCUT2D eigenvalue weighted by Gasteiger charge is -2.07. The van der Waals surface area contributed by atoms with Crippen LogP contribution in [0.5, 0.6) is 11.5 Å². The zero-order valence-corrected chi connectivity index (χ0v) is 15.9. The summed E-state index contributed by atoms with van der Waals surface area (Å²) in [7, 11) is 5.03. The minimum Gasteiger partial charge on any atom is -0.493 e. The van der Waals surface area contributed by atoms with Crippen molar-refractivity contribution in [3.05, 3.63) is 35.3 Å². The van der Waals surface area contributed by atoms with Crippen molar-refractivity contribution in [2.75, 3.05) is 32.6 Å². The van der Waals surface area contributed by atoms with Gasteiger partial charge in [-0.05, 0) is 37.6 Å². The molecule has 0 fully saturated rings. The topological polar surface area (TPSA) is 77.4 Å². The molecule has 7 heteroatoms. The number of aromatic nitrogens is 2. The first-order valence-corrected chi connectivity index (χ1v) is 8.54. The summed E-state index contributed by atoms with van der Waals surface area (Å²) in [6.45, 7) is 5.10. The summed E-state index contributed by atoms with van der Waals surface area (Å²) in [4.78, 5) is 16.9. The summed E-state index contributed by atoms with van der Waals surface area (Å²) in [6, 6.07) is 5.66. The van der Waals surface area contributed by atoms with Crippen molar-refractivity contribution in [3.8, 4) is 11.5 Å². The second kappa shape index (κ2) is 8.94. The van der Waals surface area contributed by atoms with Gasteiger partial charge in [0.1, 0.15) is 5.82 Å². The van der Waals surface area contributed by atoms with Crippen LogP contribution in [0.15, 0.2) is 18.2 Å². The number of benzene rings is 1. The Balaban J connectivity index is 2.35. The molecule has 7 nitrogen and oxygen atoms in total. The number of imidazole rings is 1. The van der Waals surface area contributed by atoms with Gasteiger partial charge in [-0.3, -0.25) is 4.79 Å². The minimum atomic E-state index is -0.149. The molecule has 0 aliphatic rings. The molecule has 0 atom stereocenters. The van der Waals surface area contributed by atoms with Crippen molar-refractivity contribution in [1.29, 1.82) is 0 Å². The van der Waals surface area contributed by atoms with Gasteiger partial charge in [0, 0.05) is 20.1 Å². The molecule has 2 rings (SSSR count). The standard InChI is InChI=1S/C19H26N4O3/c1-6-20-18-17(19(24)21-7-2)23(3)16(22-18)11-9-13-8-10-14(25-4)15(12-13)26-5/h8-12,20H,6-7H2,1-5H3,(H,21,24)/b11-9+. The molecule has 26 heavy (non-hydrogen) atoms. The Morgan fingerprint density at radius 1 is 1.15 bits per heavy atom. The van der Waals surface area contributed by atoms with Gasteiger partial charge in [-0.15, -0.1) is 0 Å². The highest BCUT2D eigenvalue weighted by atomic mass is 16.5. The van der Waals surface area contributed by atoms with E-state index < -0.39 is 0 Å². The molecule has 140 valence electrons. The summed E-state index contributed by atoms with van der Waals surface area (Å²) in [5, 5.41) is 5.97. The fourth-order valence-corrected chi connectivity index (χ4v) is 2.59. The molecular weight excluding hydrogens is 332 g/mol. The highest BCUT2D eigenvalue weighted by Gasteiger charge is 2.19. The van der Waals surface area contributed by atoms with Crippen molar-refractivity contribution < 1.29 is 14.3 Å². The zero-order valence-electron chi connectivity index (χ0n) is 15.9. The number of hydrogen-bond donors (Lipinski definition) is 2. The molecule has 1 amide bonds. The molecule has 0 aliphatic carbocycles. The van der Waals surface area contributed by atoms with Crippen LogP contribution in [0.4, 0.5) is 5.82 Å². The molecule has 0 spiro atoms. The largest absolute Gasteiger partial charge is 0.493 e. The van der Waals surface area contributed by atoms with Gasteiger partial charge >= 0.3 is 0 Å². The third-order valence-corrected chi connectivity index (χ3v) is 3.86. The van der Waals surface area contributed by atoms with E-state index in [2.05, 4.69) is 15.6 Å². The third kappa shape index (κ3) is 4.17. The first-order chi connectivity index (χ1) is 12.5. The Labute approximate surface area is 154 Å². The van der Waals surface area contributed by atoms with Gasteiger partial charge in [0.2, 0.25) is 0 Å². The predicted octanol–water partition coefficient (Wildman–Crippen LogP) is 2.79. The summed E-state index contributed by atoms with van der Waals surface area (Å²) in [6.07, 6.45) is 3.78. The van der Waals surface area contributed by atoms with Gasteiger partial charge in [-0.1, -0.05) is 12.1 Å². The van der Waals surface area contributed by atoms with Crippen LogP contribution in [0.2, 0.25) is 0 Å². The molecular formula is C19H26N4O3. The lowest BCUT2D eigenvalue weighted by atomic mass is 10.2. The van der Waals surface area contributed by atoms with Crippen molar-refractivity contribution in [1.82, 2.24) is 14.9 Å². The van der Waals surface area contributed by atoms with Gasteiger partial charge in [-0.2, -0.15) is 0 Å². The molecule has 0 saturated heterocycles. The first kappa shape index (κ1) is 19.4. The first-order valence-electron chi connectivity index (χ1n) is 8.54. The van der Waals surface area contributed by atoms with Crippen LogP contribution >= 0.6 is 0 Å². The highest BCUT2D eigenvalue weighted by Crippen LogP contribution is 2.28. The second-order valence-electron chi connectivity index (χ2n) is 5.56. The van der Waals surface area contributed by atoms with Crippen LogP contribution in [0, 0.1) is 0 Å². The third-order valence-electron chi connectivity index (χ3n) is 3.86. The van der Waals surface area contributed by atoms with E-state index in [0.29, 0.717) is 41.9 Å². The quantitative estimate of drug-likeness (QED) is 0.759. The molecule has 0 unspecified atom stereocenters. The molecule has 0 saturated carbocycles. The molecule has 0 radical (unpaired) electrons. The monoisotopic (exact) mass is 358 g/mol. The maximum absolute atomic E-state index is 12.3. The highest BCUT2D eigenvalue weighted by molar-refractivity contribution is 5.97. The fraction of sp³-hybridized carbons (Fsp3) is 0.368. The zero-order chi connectivity index (χ0) is 19.1. The molecule has 1 heterocycles. The Kier molecular flexibility index (Phi) is 6.66. The van der Waals surface area contributed by atoms with Gasteiger partial charge in [0.25, 0.3) is 5.91 Å². The van der Waals surface area contributed by atoms with Crippen molar-refractivity contribution in [2.45, 2.75) is 13.8 Å². The lowest BCUT2D eigenvalue weighted by molar-refractivity contribution is 0.0948. The number of nitrogens with zero attached hydrogens (tertiary/aromatic N) is 2. The van der Waals surface area contributed by atoms with Crippen LogP contribution in [0.3, 0.4) is 0 Å². The molecule has 1 aromatic carbocycles. The van der Waals surface area contributed by atoms with E-state index in [9.17, 15) is 4.79 Å². The van der Waals surface area contributed by atoms with Crippen molar-refractivity contribution in [2.24, 2.45) is 7.05 Å². The van der Waals surface area contributed by atoms with E-state index in [1.54, 1.807) is 18.8 Å². The average Bonchev–Trinajstić information content (AvgIpc) is 2.95. The number of rotatable bonds is 8. The maximum Gasteiger partial charge on any atom is 0.271 e. The Morgan fingerprint density at radius 2 is 1.88 bits per heavy atom. The fourth-order valence-electron chi connectivity index (χ4n) is 2.59. The Bertz CT molecular complexity index is 796. The van der Waals surface area contributed by atoms with Gasteiger partial charge in [0.15, 0.2) is 23.0 Å². The Hall–Kier alpha value is -2.96. The second-order valence-corrected chi connectivity index (χ2v) is 5.56. The minimum absolute atomic E-state index is 0.149. The van der Waals surface area contributed by atoms with Crippen LogP contribution in [0.25, 0.3) is 12.2 Å². The van der Waals surface area contributed by atoms with Crippen LogP contribution in [-0.2, 0) is 7.05 Å². The summed E-state index contributed by atoms with van der Waals surface area (Å²) in [5.74, 6) is 2.44. The summed E-state index contributed by atoms with van der Waals surface area (Å²) in [5.41, 5.74) is 1.45. The SMILES string of the molecule is CCNC(=O)c1c(NCC)nc(/C=C/c2ccc(OC)c(OC)c2)n1C. The lowest BCUT2D eigenvalue weighted by Crippen LogP contribution is -2.26. The number of hydrogen-bond acceptors (Lipinski definition) is 5. The van der Waals surface area contributed by atoms with E-state index in [1.165, 1.54) is 0 Å². The van der Waals surface area contributed by atoms with E-state index in [0.717, 1.165) is 5.56 Å². The number of amides is 1. The molecule has 2 N–H and O–H groups in total. The van der Waals surface area contributed by atoms with E-state index in [4.69, 9.17) is 9.47 Å². The molecule has 2 aromatic rings. The normalized spacial score (nSPS) is 10.8. The summed E-state index contributed by atoms with van der Waals surface area (Å²) >= 11 is 0. The Morgan fingerprint density at radius 3 is 2.50 bits per heavy atom. The van der Waals surface area contributed by atoms with E-state index in [-0.39, 0.29) is 5.91 Å². The average molecular weight is 358 g/mol. The number of carbonyl (C=O) groups excluding carboxylic acids is 1. The number of anilines is 1.